The molecule has 1 aromatic heterocycles. The first-order chi connectivity index (χ1) is 14.2. The zero-order chi connectivity index (χ0) is 21.5. The first-order valence-corrected chi connectivity index (χ1v) is 10.0. The molecule has 2 aliphatic heterocycles. The van der Waals surface area contributed by atoms with Crippen LogP contribution < -0.4 is 9.80 Å². The van der Waals surface area contributed by atoms with Gasteiger partial charge in [0.05, 0.1) is 11.6 Å². The predicted octanol–water partition coefficient (Wildman–Crippen LogP) is 3.04. The Labute approximate surface area is 173 Å². The van der Waals surface area contributed by atoms with Crippen LogP contribution in [0.15, 0.2) is 30.3 Å². The molecular weight excluding hydrogens is 395 g/mol. The Morgan fingerprint density at radius 3 is 2.23 bits per heavy atom. The topological polar surface area (TPSA) is 52.6 Å². The van der Waals surface area contributed by atoms with E-state index in [-0.39, 0.29) is 11.9 Å². The van der Waals surface area contributed by atoms with Gasteiger partial charge in [0.25, 0.3) is 0 Å². The van der Waals surface area contributed by atoms with Gasteiger partial charge in [0.15, 0.2) is 0 Å². The molecular formula is C21H24F3N5O. The van der Waals surface area contributed by atoms with Crippen molar-refractivity contribution in [3.63, 3.8) is 0 Å². The number of rotatable bonds is 3. The van der Waals surface area contributed by atoms with Crippen LogP contribution in [0.5, 0.6) is 0 Å². The van der Waals surface area contributed by atoms with Crippen LogP contribution in [0.3, 0.4) is 0 Å². The summed E-state index contributed by atoms with van der Waals surface area (Å²) >= 11 is 0. The van der Waals surface area contributed by atoms with Gasteiger partial charge >= 0.3 is 6.18 Å². The smallest absolute Gasteiger partial charge is 0.354 e. The SMILES string of the molecule is Cc1cc(N2CCN(C3CCN(c4ccc(C(F)(F)F)cc4)C3=O)CC2)nc(C)n1. The maximum absolute atomic E-state index is 13.0. The van der Waals surface area contributed by atoms with Crippen molar-refractivity contribution in [2.75, 3.05) is 42.5 Å². The standard InChI is InChI=1S/C21H24F3N5O/c1-14-13-19(26-15(2)25-14)28-11-9-27(10-12-28)18-7-8-29(20(18)30)17-5-3-16(4-6-17)21(22,23)24/h3-6,13,18H,7-12H2,1-2H3. The van der Waals surface area contributed by atoms with Crippen LogP contribution in [-0.2, 0) is 11.0 Å². The number of hydrogen-bond acceptors (Lipinski definition) is 5. The highest BCUT2D eigenvalue weighted by Gasteiger charge is 2.38. The second-order valence-corrected chi connectivity index (χ2v) is 7.78. The third-order valence-electron chi connectivity index (χ3n) is 5.72. The number of alkyl halides is 3. The van der Waals surface area contributed by atoms with Crippen molar-refractivity contribution in [1.82, 2.24) is 14.9 Å². The van der Waals surface area contributed by atoms with Gasteiger partial charge in [-0.25, -0.2) is 9.97 Å². The van der Waals surface area contributed by atoms with E-state index in [0.29, 0.717) is 18.7 Å². The lowest BCUT2D eigenvalue weighted by Crippen LogP contribution is -2.52. The van der Waals surface area contributed by atoms with E-state index in [1.165, 1.54) is 12.1 Å². The number of aryl methyl sites for hydroxylation is 2. The Morgan fingerprint density at radius 1 is 0.967 bits per heavy atom. The minimum absolute atomic E-state index is 0.0445. The Kier molecular flexibility index (Phi) is 5.40. The van der Waals surface area contributed by atoms with Crippen molar-refractivity contribution in [2.45, 2.75) is 32.5 Å². The minimum Gasteiger partial charge on any atom is -0.354 e. The van der Waals surface area contributed by atoms with E-state index >= 15 is 0 Å². The molecule has 160 valence electrons. The maximum atomic E-state index is 13.0. The molecule has 3 heterocycles. The summed E-state index contributed by atoms with van der Waals surface area (Å²) in [6.07, 6.45) is -3.71. The van der Waals surface area contributed by atoms with E-state index in [2.05, 4.69) is 19.8 Å². The van der Waals surface area contributed by atoms with Crippen LogP contribution in [0.25, 0.3) is 0 Å². The summed E-state index contributed by atoms with van der Waals surface area (Å²) in [6, 6.07) is 6.54. The zero-order valence-electron chi connectivity index (χ0n) is 17.0. The summed E-state index contributed by atoms with van der Waals surface area (Å²) in [6.45, 7) is 7.33. The van der Waals surface area contributed by atoms with Crippen LogP contribution in [0.1, 0.15) is 23.5 Å². The number of amides is 1. The molecule has 0 radical (unpaired) electrons. The Morgan fingerprint density at radius 2 is 1.63 bits per heavy atom. The fourth-order valence-corrected chi connectivity index (χ4v) is 4.21. The Balaban J connectivity index is 1.39. The number of aromatic nitrogens is 2. The molecule has 30 heavy (non-hydrogen) atoms. The van der Waals surface area contributed by atoms with Crippen molar-refractivity contribution in [1.29, 1.82) is 0 Å². The van der Waals surface area contributed by atoms with Crippen LogP contribution in [0.2, 0.25) is 0 Å². The number of piperazine rings is 1. The molecule has 9 heteroatoms. The van der Waals surface area contributed by atoms with Crippen molar-refractivity contribution in [3.8, 4) is 0 Å². The highest BCUT2D eigenvalue weighted by molar-refractivity contribution is 5.99. The van der Waals surface area contributed by atoms with Crippen molar-refractivity contribution < 1.29 is 18.0 Å². The Hall–Kier alpha value is -2.68. The molecule has 0 spiro atoms. The fraction of sp³-hybridized carbons (Fsp3) is 0.476. The largest absolute Gasteiger partial charge is 0.416 e. The molecule has 1 aromatic carbocycles. The minimum atomic E-state index is -4.38. The molecule has 0 N–H and O–H groups in total. The highest BCUT2D eigenvalue weighted by atomic mass is 19.4. The van der Waals surface area contributed by atoms with E-state index < -0.39 is 11.7 Å². The fourth-order valence-electron chi connectivity index (χ4n) is 4.21. The molecule has 6 nitrogen and oxygen atoms in total. The zero-order valence-corrected chi connectivity index (χ0v) is 17.0. The lowest BCUT2D eigenvalue weighted by atomic mass is 10.1. The van der Waals surface area contributed by atoms with Gasteiger partial charge in [-0.2, -0.15) is 13.2 Å². The summed E-state index contributed by atoms with van der Waals surface area (Å²) < 4.78 is 38.3. The molecule has 0 saturated carbocycles. The van der Waals surface area contributed by atoms with E-state index in [1.807, 2.05) is 19.9 Å². The van der Waals surface area contributed by atoms with Crippen LogP contribution in [-0.4, -0.2) is 59.5 Å². The van der Waals surface area contributed by atoms with Gasteiger partial charge in [-0.1, -0.05) is 0 Å². The number of carbonyl (C=O) groups is 1. The molecule has 1 amide bonds. The van der Waals surface area contributed by atoms with E-state index in [9.17, 15) is 18.0 Å². The van der Waals surface area contributed by atoms with Gasteiger partial charge in [0.2, 0.25) is 5.91 Å². The summed E-state index contributed by atoms with van der Waals surface area (Å²) in [7, 11) is 0. The number of hydrogen-bond donors (Lipinski definition) is 0. The highest BCUT2D eigenvalue weighted by Crippen LogP contribution is 2.32. The number of carbonyl (C=O) groups excluding carboxylic acids is 1. The first-order valence-electron chi connectivity index (χ1n) is 10.0. The van der Waals surface area contributed by atoms with Crippen molar-refractivity contribution in [2.24, 2.45) is 0 Å². The molecule has 1 atom stereocenters. The average molecular weight is 419 g/mol. The average Bonchev–Trinajstić information content (AvgIpc) is 3.08. The van der Waals surface area contributed by atoms with Crippen LogP contribution >= 0.6 is 0 Å². The van der Waals surface area contributed by atoms with E-state index in [1.54, 1.807) is 4.90 Å². The summed E-state index contributed by atoms with van der Waals surface area (Å²) in [5, 5.41) is 0. The lowest BCUT2D eigenvalue weighted by molar-refractivity contribution is -0.137. The second kappa shape index (κ2) is 7.86. The molecule has 0 bridgehead atoms. The van der Waals surface area contributed by atoms with Crippen molar-refractivity contribution in [3.05, 3.63) is 47.4 Å². The van der Waals surface area contributed by atoms with Crippen LogP contribution in [0, 0.1) is 13.8 Å². The summed E-state index contributed by atoms with van der Waals surface area (Å²) in [4.78, 5) is 27.7. The van der Waals surface area contributed by atoms with Crippen LogP contribution in [0.4, 0.5) is 24.7 Å². The first kappa shape index (κ1) is 20.6. The van der Waals surface area contributed by atoms with Gasteiger partial charge in [-0.15, -0.1) is 0 Å². The molecule has 2 aliphatic rings. The number of anilines is 2. The molecule has 1 unspecified atom stereocenters. The quantitative estimate of drug-likeness (QED) is 0.766. The van der Waals surface area contributed by atoms with Gasteiger partial charge in [0, 0.05) is 50.2 Å². The molecule has 0 aliphatic carbocycles. The monoisotopic (exact) mass is 419 g/mol. The predicted molar refractivity (Wildman–Crippen MR) is 107 cm³/mol. The van der Waals surface area contributed by atoms with Gasteiger partial charge in [-0.3, -0.25) is 9.69 Å². The molecule has 2 fully saturated rings. The third kappa shape index (κ3) is 4.12. The number of benzene rings is 1. The molecule has 2 aromatic rings. The normalized spacial score (nSPS) is 20.8. The van der Waals surface area contributed by atoms with Crippen molar-refractivity contribution >= 4 is 17.4 Å². The van der Waals surface area contributed by atoms with Gasteiger partial charge in [-0.05, 0) is 44.5 Å². The van der Waals surface area contributed by atoms with E-state index in [0.717, 1.165) is 55.6 Å². The maximum Gasteiger partial charge on any atom is 0.416 e. The molecule has 2 saturated heterocycles. The number of halogens is 3. The summed E-state index contributed by atoms with van der Waals surface area (Å²) in [5.74, 6) is 1.60. The second-order valence-electron chi connectivity index (χ2n) is 7.78. The third-order valence-corrected chi connectivity index (χ3v) is 5.72. The number of nitrogens with zero attached hydrogens (tertiary/aromatic N) is 5. The van der Waals surface area contributed by atoms with Gasteiger partial charge in [0.1, 0.15) is 11.6 Å². The Bertz CT molecular complexity index is 903. The molecule has 4 rings (SSSR count). The van der Waals surface area contributed by atoms with Gasteiger partial charge < -0.3 is 9.80 Å². The van der Waals surface area contributed by atoms with E-state index in [4.69, 9.17) is 0 Å². The lowest BCUT2D eigenvalue weighted by Gasteiger charge is -2.37. The summed E-state index contributed by atoms with van der Waals surface area (Å²) in [5.41, 5.74) is 0.736.